The number of carbonyl (C=O) groups is 1. The van der Waals surface area contributed by atoms with Gasteiger partial charge in [0.1, 0.15) is 10.8 Å². The van der Waals surface area contributed by atoms with E-state index in [9.17, 15) is 9.59 Å². The van der Waals surface area contributed by atoms with Crippen LogP contribution in [0, 0.1) is 11.3 Å². The van der Waals surface area contributed by atoms with Crippen LogP contribution in [-0.2, 0) is 0 Å². The predicted molar refractivity (Wildman–Crippen MR) is 71.2 cm³/mol. The van der Waals surface area contributed by atoms with Crippen molar-refractivity contribution >= 4 is 23.2 Å². The largest absolute Gasteiger partial charge is 0.317 e. The number of carbonyl (C=O) groups excluding carboxylic acids is 1. The first-order valence-electron chi connectivity index (χ1n) is 5.30. The van der Waals surface area contributed by atoms with E-state index in [1.54, 1.807) is 18.2 Å². The van der Waals surface area contributed by atoms with Gasteiger partial charge in [0.15, 0.2) is 0 Å². The Morgan fingerprint density at radius 1 is 1.32 bits per heavy atom. The minimum atomic E-state index is -0.489. The summed E-state index contributed by atoms with van der Waals surface area (Å²) in [6.07, 6.45) is 0. The second kappa shape index (κ2) is 5.38. The van der Waals surface area contributed by atoms with Crippen molar-refractivity contribution in [2.45, 2.75) is 0 Å². The lowest BCUT2D eigenvalue weighted by Gasteiger charge is -2.04. The van der Waals surface area contributed by atoms with E-state index in [2.05, 4.69) is 10.3 Å². The molecule has 1 aromatic heterocycles. The van der Waals surface area contributed by atoms with Crippen molar-refractivity contribution in [3.05, 3.63) is 63.0 Å². The summed E-state index contributed by atoms with van der Waals surface area (Å²) >= 11 is 5.61. The molecule has 0 aliphatic heterocycles. The molecule has 2 aromatic rings. The van der Waals surface area contributed by atoms with E-state index in [-0.39, 0.29) is 10.8 Å². The second-order valence-electron chi connectivity index (χ2n) is 3.70. The van der Waals surface area contributed by atoms with Crippen LogP contribution in [-0.4, -0.2) is 10.9 Å². The summed E-state index contributed by atoms with van der Waals surface area (Å²) < 4.78 is 0. The van der Waals surface area contributed by atoms with Gasteiger partial charge in [0.2, 0.25) is 0 Å². The van der Waals surface area contributed by atoms with Crippen LogP contribution in [0.5, 0.6) is 0 Å². The van der Waals surface area contributed by atoms with Crippen molar-refractivity contribution in [3.63, 3.8) is 0 Å². The van der Waals surface area contributed by atoms with E-state index in [1.165, 1.54) is 18.2 Å². The molecule has 19 heavy (non-hydrogen) atoms. The number of nitrogens with one attached hydrogen (secondary N) is 2. The summed E-state index contributed by atoms with van der Waals surface area (Å²) in [7, 11) is 0. The monoisotopic (exact) mass is 273 g/mol. The normalized spacial score (nSPS) is 9.68. The van der Waals surface area contributed by atoms with Gasteiger partial charge in [-0.15, -0.1) is 0 Å². The molecule has 2 N–H and O–H groups in total. The number of halogens is 1. The van der Waals surface area contributed by atoms with E-state index < -0.39 is 11.5 Å². The highest BCUT2D eigenvalue weighted by Gasteiger charge is 2.09. The number of nitriles is 1. The summed E-state index contributed by atoms with van der Waals surface area (Å²) in [5.41, 5.74) is 0.278. The second-order valence-corrected chi connectivity index (χ2v) is 4.10. The van der Waals surface area contributed by atoms with Crippen molar-refractivity contribution in [2.24, 2.45) is 0 Å². The van der Waals surface area contributed by atoms with E-state index in [4.69, 9.17) is 16.9 Å². The molecule has 1 heterocycles. The number of anilines is 1. The molecule has 0 radical (unpaired) electrons. The van der Waals surface area contributed by atoms with Gasteiger partial charge in [-0.1, -0.05) is 17.7 Å². The fraction of sp³-hybridized carbons (Fsp3) is 0. The molecule has 94 valence electrons. The smallest absolute Gasteiger partial charge is 0.272 e. The van der Waals surface area contributed by atoms with Gasteiger partial charge < -0.3 is 10.3 Å². The van der Waals surface area contributed by atoms with Crippen LogP contribution in [0.4, 0.5) is 5.69 Å². The predicted octanol–water partition coefficient (Wildman–Crippen LogP) is 2.15. The Morgan fingerprint density at radius 3 is 2.79 bits per heavy atom. The Bertz CT molecular complexity index is 731. The fourth-order valence-electron chi connectivity index (χ4n) is 1.47. The summed E-state index contributed by atoms with van der Waals surface area (Å²) in [6, 6.07) is 11.0. The average molecular weight is 274 g/mol. The van der Waals surface area contributed by atoms with Crippen molar-refractivity contribution in [3.8, 4) is 6.07 Å². The summed E-state index contributed by atoms with van der Waals surface area (Å²) in [5, 5.41) is 11.4. The van der Waals surface area contributed by atoms with Crippen molar-refractivity contribution < 1.29 is 4.79 Å². The van der Waals surface area contributed by atoms with Gasteiger partial charge in [-0.3, -0.25) is 9.59 Å². The molecule has 6 heteroatoms. The number of aromatic nitrogens is 1. The molecule has 0 aliphatic carbocycles. The van der Waals surface area contributed by atoms with Crippen molar-refractivity contribution in [2.75, 3.05) is 5.32 Å². The van der Waals surface area contributed by atoms with Gasteiger partial charge in [-0.05, 0) is 30.3 Å². The quantitative estimate of drug-likeness (QED) is 0.822. The molecule has 0 unspecified atom stereocenters. The highest BCUT2D eigenvalue weighted by atomic mass is 35.5. The first-order valence-corrected chi connectivity index (χ1v) is 5.68. The van der Waals surface area contributed by atoms with Gasteiger partial charge in [-0.25, -0.2) is 0 Å². The molecule has 1 amide bonds. The Morgan fingerprint density at radius 2 is 2.11 bits per heavy atom. The third-order valence-electron chi connectivity index (χ3n) is 2.38. The third kappa shape index (κ3) is 3.00. The highest BCUT2D eigenvalue weighted by Crippen LogP contribution is 2.09. The standard InChI is InChI=1S/C13H8ClN3O2/c14-11-5-4-10(13(19)17-11)16-12(18)9-3-1-2-8(6-9)7-15/h1-6H,(H,16,18)(H,17,19). The molecular formula is C13H8ClN3O2. The Hall–Kier alpha value is -2.58. The van der Waals surface area contributed by atoms with Crippen LogP contribution in [0.2, 0.25) is 5.15 Å². The van der Waals surface area contributed by atoms with Crippen LogP contribution in [0.3, 0.4) is 0 Å². The van der Waals surface area contributed by atoms with Crippen LogP contribution >= 0.6 is 11.6 Å². The first-order chi connectivity index (χ1) is 9.10. The number of benzene rings is 1. The zero-order chi connectivity index (χ0) is 13.8. The van der Waals surface area contributed by atoms with Crippen molar-refractivity contribution in [1.82, 2.24) is 4.98 Å². The van der Waals surface area contributed by atoms with Gasteiger partial charge >= 0.3 is 0 Å². The molecule has 5 nitrogen and oxygen atoms in total. The molecule has 0 fully saturated rings. The summed E-state index contributed by atoms with van der Waals surface area (Å²) in [6.45, 7) is 0. The maximum atomic E-state index is 11.9. The van der Waals surface area contributed by atoms with Crippen molar-refractivity contribution in [1.29, 1.82) is 5.26 Å². The molecule has 0 atom stereocenters. The minimum absolute atomic E-state index is 0.0942. The van der Waals surface area contributed by atoms with Gasteiger partial charge in [0, 0.05) is 5.56 Å². The van der Waals surface area contributed by atoms with Crippen LogP contribution in [0.15, 0.2) is 41.2 Å². The lowest BCUT2D eigenvalue weighted by atomic mass is 10.1. The highest BCUT2D eigenvalue weighted by molar-refractivity contribution is 6.29. The molecular weight excluding hydrogens is 266 g/mol. The average Bonchev–Trinajstić information content (AvgIpc) is 2.42. The lowest BCUT2D eigenvalue weighted by molar-refractivity contribution is 0.102. The zero-order valence-corrected chi connectivity index (χ0v) is 10.4. The van der Waals surface area contributed by atoms with Gasteiger partial charge in [0.05, 0.1) is 11.6 Å². The number of hydrogen-bond acceptors (Lipinski definition) is 3. The SMILES string of the molecule is N#Cc1cccc(C(=O)Nc2ccc(Cl)[nH]c2=O)c1. The molecule has 0 aliphatic rings. The maximum absolute atomic E-state index is 11.9. The fourth-order valence-corrected chi connectivity index (χ4v) is 1.62. The van der Waals surface area contributed by atoms with E-state index in [1.807, 2.05) is 6.07 Å². The Kier molecular flexibility index (Phi) is 3.64. The molecule has 0 saturated heterocycles. The van der Waals surface area contributed by atoms with Crippen LogP contribution in [0.25, 0.3) is 0 Å². The molecule has 0 saturated carbocycles. The number of nitrogens with zero attached hydrogens (tertiary/aromatic N) is 1. The van der Waals surface area contributed by atoms with E-state index >= 15 is 0 Å². The number of amides is 1. The third-order valence-corrected chi connectivity index (χ3v) is 2.60. The number of rotatable bonds is 2. The zero-order valence-electron chi connectivity index (χ0n) is 9.61. The number of aromatic amines is 1. The Labute approximate surface area is 113 Å². The van der Waals surface area contributed by atoms with Crippen LogP contribution in [0.1, 0.15) is 15.9 Å². The van der Waals surface area contributed by atoms with E-state index in [0.29, 0.717) is 11.1 Å². The number of hydrogen-bond donors (Lipinski definition) is 2. The summed E-state index contributed by atoms with van der Waals surface area (Å²) in [5.74, 6) is -0.468. The molecule has 0 spiro atoms. The number of H-pyrrole nitrogens is 1. The van der Waals surface area contributed by atoms with E-state index in [0.717, 1.165) is 0 Å². The summed E-state index contributed by atoms with van der Waals surface area (Å²) in [4.78, 5) is 25.8. The molecule has 0 bridgehead atoms. The lowest BCUT2D eigenvalue weighted by Crippen LogP contribution is -2.19. The number of pyridine rings is 1. The molecule has 1 aromatic carbocycles. The minimum Gasteiger partial charge on any atom is -0.317 e. The topological polar surface area (TPSA) is 85.8 Å². The van der Waals surface area contributed by atoms with Gasteiger partial charge in [0.25, 0.3) is 11.5 Å². The maximum Gasteiger partial charge on any atom is 0.272 e. The molecule has 2 rings (SSSR count). The first kappa shape index (κ1) is 12.9. The Balaban J connectivity index is 2.26. The van der Waals surface area contributed by atoms with Crippen LogP contribution < -0.4 is 10.9 Å². The van der Waals surface area contributed by atoms with Gasteiger partial charge in [-0.2, -0.15) is 5.26 Å².